The van der Waals surface area contributed by atoms with Crippen LogP contribution in [0, 0.1) is 0 Å². The van der Waals surface area contributed by atoms with E-state index in [2.05, 4.69) is 10.3 Å². The van der Waals surface area contributed by atoms with Gasteiger partial charge in [0.15, 0.2) is 0 Å². The van der Waals surface area contributed by atoms with Gasteiger partial charge >= 0.3 is 0 Å². The van der Waals surface area contributed by atoms with Gasteiger partial charge in [0.25, 0.3) is 11.8 Å². The van der Waals surface area contributed by atoms with Gasteiger partial charge in [0.1, 0.15) is 23.1 Å². The molecule has 1 aliphatic heterocycles. The highest BCUT2D eigenvalue weighted by molar-refractivity contribution is 5.99. The summed E-state index contributed by atoms with van der Waals surface area (Å²) in [5.41, 5.74) is 1.96. The van der Waals surface area contributed by atoms with Crippen molar-refractivity contribution in [2.45, 2.75) is 6.54 Å². The van der Waals surface area contributed by atoms with Crippen LogP contribution in [-0.4, -0.2) is 69.2 Å². The summed E-state index contributed by atoms with van der Waals surface area (Å²) < 4.78 is 15.8. The number of hydrogen-bond acceptors (Lipinski definition) is 7. The molecule has 1 N–H and O–H groups in total. The van der Waals surface area contributed by atoms with E-state index in [0.717, 1.165) is 11.3 Å². The Balaban J connectivity index is 1.40. The fourth-order valence-corrected chi connectivity index (χ4v) is 4.11. The molecule has 4 rings (SSSR count). The fraction of sp³-hybridized carbons (Fsp3) is 0.296. The Morgan fingerprint density at radius 3 is 2.22 bits per heavy atom. The molecule has 2 amide bonds. The minimum Gasteiger partial charge on any atom is -0.497 e. The molecule has 1 fully saturated rings. The number of rotatable bonds is 8. The largest absolute Gasteiger partial charge is 0.497 e. The molecule has 0 atom stereocenters. The van der Waals surface area contributed by atoms with Crippen LogP contribution < -0.4 is 24.4 Å². The second-order valence-corrected chi connectivity index (χ2v) is 8.25. The molecule has 0 aliphatic carbocycles. The minimum atomic E-state index is -0.199. The van der Waals surface area contributed by atoms with Gasteiger partial charge in [-0.15, -0.1) is 0 Å². The molecule has 0 saturated carbocycles. The average Bonchev–Trinajstić information content (AvgIpc) is 2.95. The van der Waals surface area contributed by atoms with Crippen molar-refractivity contribution in [3.63, 3.8) is 0 Å². The number of carbonyl (C=O) groups is 2. The number of piperazine rings is 1. The molecule has 9 heteroatoms. The lowest BCUT2D eigenvalue weighted by molar-refractivity contribution is 0.0742. The Morgan fingerprint density at radius 2 is 1.56 bits per heavy atom. The van der Waals surface area contributed by atoms with E-state index in [4.69, 9.17) is 14.2 Å². The van der Waals surface area contributed by atoms with E-state index in [0.29, 0.717) is 61.2 Å². The molecule has 0 bridgehead atoms. The van der Waals surface area contributed by atoms with Crippen molar-refractivity contribution >= 4 is 17.6 Å². The highest BCUT2D eigenvalue weighted by Gasteiger charge is 2.27. The first-order chi connectivity index (χ1) is 17.5. The van der Waals surface area contributed by atoms with Gasteiger partial charge in [-0.3, -0.25) is 9.59 Å². The maximum absolute atomic E-state index is 13.2. The van der Waals surface area contributed by atoms with Crippen molar-refractivity contribution in [1.29, 1.82) is 0 Å². The van der Waals surface area contributed by atoms with E-state index in [1.54, 1.807) is 55.6 Å². The van der Waals surface area contributed by atoms with E-state index in [-0.39, 0.29) is 11.8 Å². The Kier molecular flexibility index (Phi) is 7.89. The Morgan fingerprint density at radius 1 is 0.861 bits per heavy atom. The normalized spacial score (nSPS) is 13.2. The lowest BCUT2D eigenvalue weighted by Gasteiger charge is -2.36. The molecule has 2 heterocycles. The summed E-state index contributed by atoms with van der Waals surface area (Å²) in [4.78, 5) is 34.5. The first-order valence-corrected chi connectivity index (χ1v) is 11.7. The standard InChI is InChI=1S/C27H30N4O5/c1-34-20-8-6-19(7-9-20)18-29-26(32)23-5-4-12-28-25(23)30-13-15-31(16-14-30)27(33)22-11-10-21(35-2)17-24(22)36-3/h4-12,17H,13-16,18H2,1-3H3,(H,29,32). The van der Waals surface area contributed by atoms with Gasteiger partial charge in [0.05, 0.1) is 32.5 Å². The van der Waals surface area contributed by atoms with Crippen LogP contribution in [0.2, 0.25) is 0 Å². The van der Waals surface area contributed by atoms with Gasteiger partial charge in [-0.1, -0.05) is 12.1 Å². The second-order valence-electron chi connectivity index (χ2n) is 8.25. The molecule has 1 aromatic heterocycles. The minimum absolute atomic E-state index is 0.104. The summed E-state index contributed by atoms with van der Waals surface area (Å²) in [7, 11) is 4.72. The maximum atomic E-state index is 13.2. The monoisotopic (exact) mass is 490 g/mol. The van der Waals surface area contributed by atoms with Crippen molar-refractivity contribution in [1.82, 2.24) is 15.2 Å². The summed E-state index contributed by atoms with van der Waals surface area (Å²) in [6.07, 6.45) is 1.68. The number of carbonyl (C=O) groups excluding carboxylic acids is 2. The molecule has 0 unspecified atom stereocenters. The molecule has 0 radical (unpaired) electrons. The van der Waals surface area contributed by atoms with E-state index in [1.165, 1.54) is 7.11 Å². The lowest BCUT2D eigenvalue weighted by Crippen LogP contribution is -2.49. The van der Waals surface area contributed by atoms with Crippen LogP contribution in [0.15, 0.2) is 60.8 Å². The van der Waals surface area contributed by atoms with E-state index in [9.17, 15) is 9.59 Å². The van der Waals surface area contributed by atoms with Gasteiger partial charge in [-0.05, 0) is 42.0 Å². The molecular weight excluding hydrogens is 460 g/mol. The first kappa shape index (κ1) is 24.8. The van der Waals surface area contributed by atoms with Gasteiger partial charge in [-0.25, -0.2) is 4.98 Å². The molecular formula is C27H30N4O5. The number of methoxy groups -OCH3 is 3. The summed E-state index contributed by atoms with van der Waals surface area (Å²) in [6.45, 7) is 2.50. The predicted molar refractivity (Wildman–Crippen MR) is 136 cm³/mol. The van der Waals surface area contributed by atoms with Crippen molar-refractivity contribution in [2.24, 2.45) is 0 Å². The Labute approximate surface area is 210 Å². The second kappa shape index (κ2) is 11.4. The lowest BCUT2D eigenvalue weighted by atomic mass is 10.1. The van der Waals surface area contributed by atoms with Gasteiger partial charge in [0.2, 0.25) is 0 Å². The molecule has 1 aliphatic rings. The Hall–Kier alpha value is -4.27. The van der Waals surface area contributed by atoms with Crippen LogP contribution in [0.3, 0.4) is 0 Å². The number of amides is 2. The van der Waals surface area contributed by atoms with E-state index >= 15 is 0 Å². The third-order valence-corrected chi connectivity index (χ3v) is 6.15. The number of nitrogens with one attached hydrogen (secondary N) is 1. The van der Waals surface area contributed by atoms with Crippen molar-refractivity contribution in [3.05, 3.63) is 77.5 Å². The number of nitrogens with zero attached hydrogens (tertiary/aromatic N) is 3. The molecule has 36 heavy (non-hydrogen) atoms. The zero-order valence-corrected chi connectivity index (χ0v) is 20.7. The number of hydrogen-bond donors (Lipinski definition) is 1. The van der Waals surface area contributed by atoms with Crippen LogP contribution in [0.25, 0.3) is 0 Å². The Bertz CT molecular complexity index is 1210. The predicted octanol–water partition coefficient (Wildman–Crippen LogP) is 3.00. The zero-order chi connectivity index (χ0) is 25.5. The number of aromatic nitrogens is 1. The fourth-order valence-electron chi connectivity index (χ4n) is 4.11. The van der Waals surface area contributed by atoms with Crippen molar-refractivity contribution in [2.75, 3.05) is 52.4 Å². The average molecular weight is 491 g/mol. The summed E-state index contributed by atoms with van der Waals surface area (Å²) in [5.74, 6) is 2.17. The smallest absolute Gasteiger partial charge is 0.257 e. The topological polar surface area (TPSA) is 93.2 Å². The van der Waals surface area contributed by atoms with Gasteiger partial charge < -0.3 is 29.3 Å². The molecule has 0 spiro atoms. The number of benzene rings is 2. The van der Waals surface area contributed by atoms with E-state index < -0.39 is 0 Å². The van der Waals surface area contributed by atoms with E-state index in [1.807, 2.05) is 29.2 Å². The van der Waals surface area contributed by atoms with Crippen molar-refractivity contribution < 1.29 is 23.8 Å². The van der Waals surface area contributed by atoms with Crippen LogP contribution >= 0.6 is 0 Å². The van der Waals surface area contributed by atoms with Crippen LogP contribution in [0.5, 0.6) is 17.2 Å². The quantitative estimate of drug-likeness (QED) is 0.519. The van der Waals surface area contributed by atoms with Crippen molar-refractivity contribution in [3.8, 4) is 17.2 Å². The summed E-state index contributed by atoms with van der Waals surface area (Å²) >= 11 is 0. The van der Waals surface area contributed by atoms with Crippen LogP contribution in [0.1, 0.15) is 26.3 Å². The highest BCUT2D eigenvalue weighted by atomic mass is 16.5. The van der Waals surface area contributed by atoms with Gasteiger partial charge in [0, 0.05) is 45.0 Å². The zero-order valence-electron chi connectivity index (χ0n) is 20.7. The summed E-state index contributed by atoms with van der Waals surface area (Å²) in [6, 6.07) is 16.2. The maximum Gasteiger partial charge on any atom is 0.257 e. The number of pyridine rings is 1. The molecule has 3 aromatic rings. The van der Waals surface area contributed by atoms with Crippen LogP contribution in [0.4, 0.5) is 5.82 Å². The first-order valence-electron chi connectivity index (χ1n) is 11.7. The third-order valence-electron chi connectivity index (χ3n) is 6.15. The number of ether oxygens (including phenoxy) is 3. The third kappa shape index (κ3) is 5.51. The summed E-state index contributed by atoms with van der Waals surface area (Å²) in [5, 5.41) is 2.97. The highest BCUT2D eigenvalue weighted by Crippen LogP contribution is 2.27. The SMILES string of the molecule is COc1ccc(CNC(=O)c2cccnc2N2CCN(C(=O)c3ccc(OC)cc3OC)CC2)cc1. The van der Waals surface area contributed by atoms with Crippen LogP contribution in [-0.2, 0) is 6.54 Å². The molecule has 9 nitrogen and oxygen atoms in total. The molecule has 1 saturated heterocycles. The van der Waals surface area contributed by atoms with Gasteiger partial charge in [-0.2, -0.15) is 0 Å². The molecule has 2 aromatic carbocycles. The number of anilines is 1. The molecule has 188 valence electrons.